The molecule has 1 aliphatic rings. The number of primary sulfonamides is 1. The maximum Gasteiger partial charge on any atom is 0.238 e. The van der Waals surface area contributed by atoms with Crippen molar-refractivity contribution in [2.45, 2.75) is 4.90 Å². The number of fused-ring (bicyclic) bond motifs is 1. The molecule has 2 N–H and O–H groups in total. The fourth-order valence-electron chi connectivity index (χ4n) is 2.95. The summed E-state index contributed by atoms with van der Waals surface area (Å²) in [5.74, 6) is 1.23. The average molecular weight is 422 g/mol. The highest BCUT2D eigenvalue weighted by Crippen LogP contribution is 2.44. The summed E-state index contributed by atoms with van der Waals surface area (Å²) in [6.07, 6.45) is 0. The third-order valence-electron chi connectivity index (χ3n) is 4.18. The summed E-state index contributed by atoms with van der Waals surface area (Å²) < 4.78 is 34.0. The summed E-state index contributed by atoms with van der Waals surface area (Å²) in [5, 5.41) is 6.19. The SMILES string of the molecule is NS(=O)(=O)c1ccc(-c2cc3c(cc2-c2cc(Cl)cc(Cl)c2)OCO3)cc1. The third kappa shape index (κ3) is 3.61. The standard InChI is InChI=1S/C19H13Cl2NO4S/c20-13-5-12(6-14(21)7-13)17-9-19-18(25-10-26-19)8-16(17)11-1-3-15(4-2-11)27(22,23)24/h1-9H,10H2,(H2,22,23,24). The van der Waals surface area contributed by atoms with Gasteiger partial charge in [0.25, 0.3) is 0 Å². The lowest BCUT2D eigenvalue weighted by Crippen LogP contribution is -2.11. The van der Waals surface area contributed by atoms with Crippen LogP contribution in [0, 0.1) is 0 Å². The Morgan fingerprint density at radius 1 is 0.778 bits per heavy atom. The summed E-state index contributed by atoms with van der Waals surface area (Å²) >= 11 is 12.3. The molecule has 0 saturated heterocycles. The predicted octanol–water partition coefficient (Wildman–Crippen LogP) is 4.70. The molecule has 0 atom stereocenters. The number of sulfonamides is 1. The summed E-state index contributed by atoms with van der Waals surface area (Å²) in [5.41, 5.74) is 3.23. The number of hydrogen-bond donors (Lipinski definition) is 1. The van der Waals surface area contributed by atoms with Crippen LogP contribution in [0.15, 0.2) is 59.5 Å². The highest BCUT2D eigenvalue weighted by atomic mass is 35.5. The fourth-order valence-corrected chi connectivity index (χ4v) is 3.99. The van der Waals surface area contributed by atoms with Crippen LogP contribution in [0.5, 0.6) is 11.5 Å². The normalized spacial score (nSPS) is 13.0. The molecule has 0 unspecified atom stereocenters. The van der Waals surface area contributed by atoms with Crippen molar-refractivity contribution in [1.82, 2.24) is 0 Å². The first kappa shape index (κ1) is 18.1. The second kappa shape index (κ2) is 6.73. The van der Waals surface area contributed by atoms with E-state index in [0.29, 0.717) is 21.5 Å². The van der Waals surface area contributed by atoms with E-state index in [1.165, 1.54) is 12.1 Å². The van der Waals surface area contributed by atoms with E-state index in [9.17, 15) is 8.42 Å². The molecule has 3 aromatic rings. The Morgan fingerprint density at radius 2 is 1.30 bits per heavy atom. The lowest BCUT2D eigenvalue weighted by atomic mass is 9.94. The number of benzene rings is 3. The van der Waals surface area contributed by atoms with Crippen LogP contribution in [0.3, 0.4) is 0 Å². The van der Waals surface area contributed by atoms with Crippen molar-refractivity contribution in [3.63, 3.8) is 0 Å². The lowest BCUT2D eigenvalue weighted by Gasteiger charge is -2.13. The van der Waals surface area contributed by atoms with Crippen LogP contribution in [0.2, 0.25) is 10.0 Å². The van der Waals surface area contributed by atoms with Crippen LogP contribution >= 0.6 is 23.2 Å². The van der Waals surface area contributed by atoms with E-state index in [2.05, 4.69) is 0 Å². The molecule has 0 aromatic heterocycles. The van der Waals surface area contributed by atoms with Gasteiger partial charge in [-0.05, 0) is 64.7 Å². The van der Waals surface area contributed by atoms with Gasteiger partial charge < -0.3 is 9.47 Å². The first-order chi connectivity index (χ1) is 12.8. The van der Waals surface area contributed by atoms with Crippen molar-refractivity contribution in [1.29, 1.82) is 0 Å². The quantitative estimate of drug-likeness (QED) is 0.664. The van der Waals surface area contributed by atoms with Gasteiger partial charge in [-0.3, -0.25) is 0 Å². The van der Waals surface area contributed by atoms with Crippen LogP contribution in [0.1, 0.15) is 0 Å². The van der Waals surface area contributed by atoms with Crippen molar-refractivity contribution in [3.05, 3.63) is 64.6 Å². The van der Waals surface area contributed by atoms with Crippen molar-refractivity contribution in [3.8, 4) is 33.8 Å². The first-order valence-electron chi connectivity index (χ1n) is 7.84. The molecule has 0 bridgehead atoms. The molecule has 0 amide bonds. The number of nitrogens with two attached hydrogens (primary N) is 1. The van der Waals surface area contributed by atoms with Crippen molar-refractivity contribution in [2.24, 2.45) is 5.14 Å². The minimum atomic E-state index is -3.76. The minimum absolute atomic E-state index is 0.0411. The Kier molecular flexibility index (Phi) is 4.52. The van der Waals surface area contributed by atoms with Crippen LogP contribution < -0.4 is 14.6 Å². The molecule has 138 valence electrons. The zero-order chi connectivity index (χ0) is 19.2. The molecule has 0 radical (unpaired) electrons. The van der Waals surface area contributed by atoms with Gasteiger partial charge >= 0.3 is 0 Å². The molecule has 0 fully saturated rings. The Balaban J connectivity index is 1.91. The molecule has 5 nitrogen and oxygen atoms in total. The van der Waals surface area contributed by atoms with Gasteiger partial charge in [-0.2, -0.15) is 0 Å². The molecule has 8 heteroatoms. The van der Waals surface area contributed by atoms with Crippen molar-refractivity contribution < 1.29 is 17.9 Å². The highest BCUT2D eigenvalue weighted by Gasteiger charge is 2.20. The van der Waals surface area contributed by atoms with E-state index >= 15 is 0 Å². The first-order valence-corrected chi connectivity index (χ1v) is 10.1. The second-order valence-electron chi connectivity index (χ2n) is 5.98. The zero-order valence-electron chi connectivity index (χ0n) is 13.8. The van der Waals surface area contributed by atoms with E-state index in [0.717, 1.165) is 22.3 Å². The van der Waals surface area contributed by atoms with Gasteiger partial charge in [0, 0.05) is 10.0 Å². The van der Waals surface area contributed by atoms with E-state index in [4.69, 9.17) is 37.8 Å². The number of ether oxygens (including phenoxy) is 2. The van der Waals surface area contributed by atoms with Crippen molar-refractivity contribution in [2.75, 3.05) is 6.79 Å². The predicted molar refractivity (Wildman–Crippen MR) is 105 cm³/mol. The summed E-state index contributed by atoms with van der Waals surface area (Å²) in [6.45, 7) is 0.138. The topological polar surface area (TPSA) is 78.6 Å². The number of hydrogen-bond acceptors (Lipinski definition) is 4. The molecular formula is C19H13Cl2NO4S. The Morgan fingerprint density at radius 3 is 1.81 bits per heavy atom. The van der Waals surface area contributed by atoms with Crippen LogP contribution in [0.4, 0.5) is 0 Å². The van der Waals surface area contributed by atoms with Gasteiger partial charge in [-0.15, -0.1) is 0 Å². The molecule has 1 heterocycles. The molecule has 4 rings (SSSR count). The summed E-state index contributed by atoms with van der Waals surface area (Å²) in [7, 11) is -3.76. The van der Waals surface area contributed by atoms with Crippen LogP contribution in [-0.2, 0) is 10.0 Å². The molecule has 0 spiro atoms. The van der Waals surface area contributed by atoms with E-state index < -0.39 is 10.0 Å². The molecule has 0 saturated carbocycles. The Hall–Kier alpha value is -2.25. The zero-order valence-corrected chi connectivity index (χ0v) is 16.1. The van der Waals surface area contributed by atoms with Gasteiger partial charge in [0.1, 0.15) is 0 Å². The average Bonchev–Trinajstić information content (AvgIpc) is 3.06. The van der Waals surface area contributed by atoms with Crippen LogP contribution in [-0.4, -0.2) is 15.2 Å². The lowest BCUT2D eigenvalue weighted by molar-refractivity contribution is 0.174. The highest BCUT2D eigenvalue weighted by molar-refractivity contribution is 7.89. The van der Waals surface area contributed by atoms with E-state index in [1.807, 2.05) is 12.1 Å². The molecular weight excluding hydrogens is 409 g/mol. The van der Waals surface area contributed by atoms with Crippen LogP contribution in [0.25, 0.3) is 22.3 Å². The van der Waals surface area contributed by atoms with Gasteiger partial charge in [0.15, 0.2) is 11.5 Å². The van der Waals surface area contributed by atoms with Gasteiger partial charge in [0.2, 0.25) is 16.8 Å². The van der Waals surface area contributed by atoms with Gasteiger partial charge in [-0.1, -0.05) is 35.3 Å². The summed E-state index contributed by atoms with van der Waals surface area (Å²) in [6, 6.07) is 15.3. The Labute approximate surface area is 166 Å². The smallest absolute Gasteiger partial charge is 0.238 e. The third-order valence-corrected chi connectivity index (χ3v) is 5.55. The second-order valence-corrected chi connectivity index (χ2v) is 8.41. The van der Waals surface area contributed by atoms with Gasteiger partial charge in [-0.25, -0.2) is 13.6 Å². The van der Waals surface area contributed by atoms with E-state index in [1.54, 1.807) is 30.3 Å². The Bertz CT molecular complexity index is 1120. The number of rotatable bonds is 3. The monoisotopic (exact) mass is 421 g/mol. The van der Waals surface area contributed by atoms with Gasteiger partial charge in [0.05, 0.1) is 4.90 Å². The largest absolute Gasteiger partial charge is 0.454 e. The molecule has 3 aromatic carbocycles. The molecule has 27 heavy (non-hydrogen) atoms. The fraction of sp³-hybridized carbons (Fsp3) is 0.0526. The minimum Gasteiger partial charge on any atom is -0.454 e. The van der Waals surface area contributed by atoms with E-state index in [-0.39, 0.29) is 11.7 Å². The maximum atomic E-state index is 11.5. The molecule has 1 aliphatic heterocycles. The number of halogens is 2. The molecule has 0 aliphatic carbocycles. The maximum absolute atomic E-state index is 11.5. The summed E-state index contributed by atoms with van der Waals surface area (Å²) in [4.78, 5) is 0.0411. The van der Waals surface area contributed by atoms with Crippen molar-refractivity contribution >= 4 is 33.2 Å².